The Labute approximate surface area is 107 Å². The molecule has 0 radical (unpaired) electrons. The van der Waals surface area contributed by atoms with Crippen LogP contribution in [-0.4, -0.2) is 24.0 Å². The van der Waals surface area contributed by atoms with E-state index in [9.17, 15) is 4.79 Å². The number of thiocarbonyl (C=S) groups is 1. The van der Waals surface area contributed by atoms with Crippen molar-refractivity contribution in [2.24, 2.45) is 5.73 Å². The van der Waals surface area contributed by atoms with Crippen LogP contribution in [0.3, 0.4) is 0 Å². The Hall–Kier alpha value is -1.62. The molecule has 1 atom stereocenters. The lowest BCUT2D eigenvalue weighted by Gasteiger charge is -2.17. The Bertz CT molecular complexity index is 445. The summed E-state index contributed by atoms with van der Waals surface area (Å²) in [6.07, 6.45) is 0. The number of carbonyl (C=O) groups is 1. The molecule has 0 aromatic heterocycles. The van der Waals surface area contributed by atoms with Crippen LogP contribution in [-0.2, 0) is 4.79 Å². The molecule has 1 rings (SSSR count). The number of rotatable bonds is 4. The van der Waals surface area contributed by atoms with Crippen molar-refractivity contribution in [1.82, 2.24) is 5.32 Å². The molecule has 5 heteroatoms. The van der Waals surface area contributed by atoms with E-state index in [1.165, 1.54) is 0 Å². The summed E-state index contributed by atoms with van der Waals surface area (Å²) in [5, 5.41) is 5.69. The second-order valence-corrected chi connectivity index (χ2v) is 4.33. The third kappa shape index (κ3) is 3.42. The van der Waals surface area contributed by atoms with E-state index in [2.05, 4.69) is 10.6 Å². The minimum absolute atomic E-state index is 0.0830. The maximum atomic E-state index is 11.4. The molecular weight excluding hydrogens is 234 g/mol. The van der Waals surface area contributed by atoms with E-state index in [4.69, 9.17) is 18.0 Å². The second-order valence-electron chi connectivity index (χ2n) is 3.89. The highest BCUT2D eigenvalue weighted by Gasteiger charge is 2.13. The molecule has 0 bridgehead atoms. The number of nitrogens with one attached hydrogen (secondary N) is 2. The number of benzene rings is 1. The molecule has 1 aromatic carbocycles. The van der Waals surface area contributed by atoms with Gasteiger partial charge in [0.15, 0.2) is 0 Å². The minimum Gasteiger partial charge on any atom is -0.389 e. The quantitative estimate of drug-likeness (QED) is 0.703. The number of amides is 1. The highest BCUT2D eigenvalue weighted by Crippen LogP contribution is 2.18. The van der Waals surface area contributed by atoms with Crippen LogP contribution in [0, 0.1) is 6.92 Å². The highest BCUT2D eigenvalue weighted by atomic mass is 32.1. The summed E-state index contributed by atoms with van der Waals surface area (Å²) in [7, 11) is 1.60. The summed E-state index contributed by atoms with van der Waals surface area (Å²) >= 11 is 4.98. The smallest absolute Gasteiger partial charge is 0.241 e. The molecule has 17 heavy (non-hydrogen) atoms. The Morgan fingerprint density at radius 3 is 2.65 bits per heavy atom. The SMILES string of the molecule is CNC(=O)C(C)Nc1cc(C)ccc1C(N)=S. The Morgan fingerprint density at radius 2 is 2.12 bits per heavy atom. The Kier molecular flexibility index (Phi) is 4.45. The maximum Gasteiger partial charge on any atom is 0.241 e. The first-order valence-electron chi connectivity index (χ1n) is 5.34. The van der Waals surface area contributed by atoms with Gasteiger partial charge in [-0.25, -0.2) is 0 Å². The first-order chi connectivity index (χ1) is 7.95. The summed E-state index contributed by atoms with van der Waals surface area (Å²) in [5.41, 5.74) is 8.26. The molecule has 0 heterocycles. The van der Waals surface area contributed by atoms with Gasteiger partial charge in [-0.05, 0) is 31.5 Å². The molecule has 0 saturated carbocycles. The molecule has 4 nitrogen and oxygen atoms in total. The second kappa shape index (κ2) is 5.63. The number of carbonyl (C=O) groups excluding carboxylic acids is 1. The van der Waals surface area contributed by atoms with Crippen LogP contribution >= 0.6 is 12.2 Å². The fraction of sp³-hybridized carbons (Fsp3) is 0.333. The van der Waals surface area contributed by atoms with Crippen LogP contribution in [0.5, 0.6) is 0 Å². The molecular formula is C12H17N3OS. The summed E-state index contributed by atoms with van der Waals surface area (Å²) in [4.78, 5) is 11.8. The highest BCUT2D eigenvalue weighted by molar-refractivity contribution is 7.80. The van der Waals surface area contributed by atoms with E-state index >= 15 is 0 Å². The summed E-state index contributed by atoms with van der Waals surface area (Å²) in [5.74, 6) is -0.0830. The van der Waals surface area contributed by atoms with Gasteiger partial charge in [-0.1, -0.05) is 18.3 Å². The lowest BCUT2D eigenvalue weighted by atomic mass is 10.1. The lowest BCUT2D eigenvalue weighted by molar-refractivity contribution is -0.121. The predicted molar refractivity (Wildman–Crippen MR) is 74.2 cm³/mol. The van der Waals surface area contributed by atoms with Gasteiger partial charge in [-0.3, -0.25) is 4.79 Å². The molecule has 0 fully saturated rings. The molecule has 92 valence electrons. The van der Waals surface area contributed by atoms with Gasteiger partial charge in [0.25, 0.3) is 0 Å². The van der Waals surface area contributed by atoms with Crippen LogP contribution in [0.4, 0.5) is 5.69 Å². The standard InChI is InChI=1S/C12H17N3OS/c1-7-4-5-9(11(13)17)10(6-7)15-8(2)12(16)14-3/h4-6,8,15H,1-3H3,(H2,13,17)(H,14,16). The number of aryl methyl sites for hydroxylation is 1. The van der Waals surface area contributed by atoms with Crippen LogP contribution in [0.2, 0.25) is 0 Å². The molecule has 0 saturated heterocycles. The Morgan fingerprint density at radius 1 is 1.47 bits per heavy atom. The lowest BCUT2D eigenvalue weighted by Crippen LogP contribution is -2.35. The van der Waals surface area contributed by atoms with E-state index in [-0.39, 0.29) is 11.9 Å². The van der Waals surface area contributed by atoms with Crippen molar-refractivity contribution in [3.63, 3.8) is 0 Å². The predicted octanol–water partition coefficient (Wildman–Crippen LogP) is 1.18. The molecule has 0 aliphatic carbocycles. The van der Waals surface area contributed by atoms with Crippen LogP contribution in [0.1, 0.15) is 18.1 Å². The molecule has 1 unspecified atom stereocenters. The first kappa shape index (κ1) is 13.4. The average molecular weight is 251 g/mol. The molecule has 0 spiro atoms. The van der Waals surface area contributed by atoms with E-state index in [1.807, 2.05) is 25.1 Å². The molecule has 1 aromatic rings. The van der Waals surface area contributed by atoms with Gasteiger partial charge >= 0.3 is 0 Å². The maximum absolute atomic E-state index is 11.4. The van der Waals surface area contributed by atoms with Crippen molar-refractivity contribution < 1.29 is 4.79 Å². The number of anilines is 1. The average Bonchev–Trinajstić information content (AvgIpc) is 2.27. The van der Waals surface area contributed by atoms with Crippen LogP contribution < -0.4 is 16.4 Å². The number of likely N-dealkylation sites (N-methyl/N-ethyl adjacent to an activating group) is 1. The molecule has 0 aliphatic rings. The van der Waals surface area contributed by atoms with Crippen molar-refractivity contribution in [2.75, 3.05) is 12.4 Å². The van der Waals surface area contributed by atoms with Gasteiger partial charge in [-0.15, -0.1) is 0 Å². The van der Waals surface area contributed by atoms with Crippen molar-refractivity contribution in [1.29, 1.82) is 0 Å². The summed E-state index contributed by atoms with van der Waals surface area (Å²) in [6, 6.07) is 5.38. The van der Waals surface area contributed by atoms with Gasteiger partial charge in [0, 0.05) is 18.3 Å². The van der Waals surface area contributed by atoms with Gasteiger partial charge in [0.05, 0.1) is 0 Å². The van der Waals surface area contributed by atoms with Crippen LogP contribution in [0.15, 0.2) is 18.2 Å². The zero-order valence-corrected chi connectivity index (χ0v) is 11.0. The first-order valence-corrected chi connectivity index (χ1v) is 5.75. The van der Waals surface area contributed by atoms with Gasteiger partial charge in [-0.2, -0.15) is 0 Å². The normalized spacial score (nSPS) is 11.7. The third-order valence-corrected chi connectivity index (χ3v) is 2.67. The number of nitrogens with two attached hydrogens (primary N) is 1. The summed E-state index contributed by atoms with van der Waals surface area (Å²) < 4.78 is 0. The summed E-state index contributed by atoms with van der Waals surface area (Å²) in [6.45, 7) is 3.75. The minimum atomic E-state index is -0.338. The zero-order chi connectivity index (χ0) is 13.0. The molecule has 4 N–H and O–H groups in total. The topological polar surface area (TPSA) is 67.2 Å². The fourth-order valence-corrected chi connectivity index (χ4v) is 1.69. The van der Waals surface area contributed by atoms with Gasteiger partial charge in [0.2, 0.25) is 5.91 Å². The Balaban J connectivity index is 3.00. The van der Waals surface area contributed by atoms with E-state index in [0.29, 0.717) is 4.99 Å². The van der Waals surface area contributed by atoms with E-state index in [0.717, 1.165) is 16.8 Å². The number of hydrogen-bond acceptors (Lipinski definition) is 3. The monoisotopic (exact) mass is 251 g/mol. The van der Waals surface area contributed by atoms with Crippen molar-refractivity contribution in [3.05, 3.63) is 29.3 Å². The fourth-order valence-electron chi connectivity index (χ4n) is 1.51. The van der Waals surface area contributed by atoms with E-state index < -0.39 is 0 Å². The van der Waals surface area contributed by atoms with E-state index in [1.54, 1.807) is 14.0 Å². The van der Waals surface area contributed by atoms with Crippen LogP contribution in [0.25, 0.3) is 0 Å². The third-order valence-electron chi connectivity index (χ3n) is 2.45. The number of hydrogen-bond donors (Lipinski definition) is 3. The van der Waals surface area contributed by atoms with Crippen molar-refractivity contribution >= 4 is 28.8 Å². The largest absolute Gasteiger partial charge is 0.389 e. The zero-order valence-electron chi connectivity index (χ0n) is 10.2. The van der Waals surface area contributed by atoms with Gasteiger partial charge < -0.3 is 16.4 Å². The van der Waals surface area contributed by atoms with Crippen molar-refractivity contribution in [2.45, 2.75) is 19.9 Å². The molecule has 0 aliphatic heterocycles. The van der Waals surface area contributed by atoms with Crippen molar-refractivity contribution in [3.8, 4) is 0 Å². The molecule has 1 amide bonds. The van der Waals surface area contributed by atoms with Gasteiger partial charge in [0.1, 0.15) is 11.0 Å².